The molecule has 1 aliphatic carbocycles. The van der Waals surface area contributed by atoms with E-state index in [2.05, 4.69) is 0 Å². The fourth-order valence-corrected chi connectivity index (χ4v) is 3.42. The molecule has 0 radical (unpaired) electrons. The number of piperidine rings is 1. The fraction of sp³-hybridized carbons (Fsp3) is 0.600. The monoisotopic (exact) mass is 310 g/mol. The molecule has 2 fully saturated rings. The SMILES string of the molecule is CC1CCCN(C(=O)c2cc(Cl)cn2C2CC2)C1C(=O)O. The molecule has 1 saturated carbocycles. The fourth-order valence-electron chi connectivity index (χ4n) is 3.21. The summed E-state index contributed by atoms with van der Waals surface area (Å²) in [6, 6.07) is 1.25. The highest BCUT2D eigenvalue weighted by atomic mass is 35.5. The molecule has 2 unspecified atom stereocenters. The summed E-state index contributed by atoms with van der Waals surface area (Å²) in [4.78, 5) is 25.8. The number of amides is 1. The first kappa shape index (κ1) is 14.4. The van der Waals surface area contributed by atoms with Crippen LogP contribution in [0.5, 0.6) is 0 Å². The molecule has 3 rings (SSSR count). The molecule has 0 bridgehead atoms. The van der Waals surface area contributed by atoms with Crippen LogP contribution in [0.3, 0.4) is 0 Å². The van der Waals surface area contributed by atoms with Crippen molar-refractivity contribution < 1.29 is 14.7 Å². The van der Waals surface area contributed by atoms with Gasteiger partial charge < -0.3 is 14.6 Å². The largest absolute Gasteiger partial charge is 0.480 e. The molecule has 1 N–H and O–H groups in total. The van der Waals surface area contributed by atoms with Gasteiger partial charge in [-0.25, -0.2) is 4.79 Å². The van der Waals surface area contributed by atoms with Crippen LogP contribution in [-0.2, 0) is 4.79 Å². The molecular formula is C15H19ClN2O3. The Bertz CT molecular complexity index is 579. The maximum atomic E-state index is 12.8. The minimum atomic E-state index is -0.925. The number of aromatic nitrogens is 1. The van der Waals surface area contributed by atoms with Gasteiger partial charge in [0.05, 0.1) is 5.02 Å². The lowest BCUT2D eigenvalue weighted by atomic mass is 9.90. The van der Waals surface area contributed by atoms with Crippen molar-refractivity contribution in [3.8, 4) is 0 Å². The van der Waals surface area contributed by atoms with E-state index >= 15 is 0 Å². The molecule has 1 aliphatic heterocycles. The third kappa shape index (κ3) is 2.67. The van der Waals surface area contributed by atoms with Crippen LogP contribution in [0.4, 0.5) is 0 Å². The third-order valence-electron chi connectivity index (χ3n) is 4.42. The van der Waals surface area contributed by atoms with Crippen molar-refractivity contribution >= 4 is 23.5 Å². The van der Waals surface area contributed by atoms with Crippen LogP contribution in [0.25, 0.3) is 0 Å². The number of rotatable bonds is 3. The molecule has 1 aromatic rings. The number of carbonyl (C=O) groups excluding carboxylic acids is 1. The van der Waals surface area contributed by atoms with Gasteiger partial charge >= 0.3 is 5.97 Å². The summed E-state index contributed by atoms with van der Waals surface area (Å²) in [5, 5.41) is 9.97. The van der Waals surface area contributed by atoms with Gasteiger partial charge in [-0.05, 0) is 37.7 Å². The van der Waals surface area contributed by atoms with E-state index < -0.39 is 12.0 Å². The molecule has 114 valence electrons. The van der Waals surface area contributed by atoms with Crippen molar-refractivity contribution in [1.82, 2.24) is 9.47 Å². The topological polar surface area (TPSA) is 62.5 Å². The maximum Gasteiger partial charge on any atom is 0.326 e. The molecule has 1 amide bonds. The predicted octanol–water partition coefficient (Wildman–Crippen LogP) is 2.80. The van der Waals surface area contributed by atoms with Crippen LogP contribution in [0, 0.1) is 5.92 Å². The number of carboxylic acid groups (broad SMARTS) is 1. The highest BCUT2D eigenvalue weighted by molar-refractivity contribution is 6.31. The second-order valence-corrected chi connectivity index (χ2v) is 6.52. The van der Waals surface area contributed by atoms with E-state index in [1.165, 1.54) is 4.90 Å². The van der Waals surface area contributed by atoms with E-state index in [-0.39, 0.29) is 11.8 Å². The Labute approximate surface area is 128 Å². The van der Waals surface area contributed by atoms with E-state index in [1.54, 1.807) is 12.3 Å². The normalized spacial score (nSPS) is 25.9. The Kier molecular flexibility index (Phi) is 3.69. The second-order valence-electron chi connectivity index (χ2n) is 6.08. The summed E-state index contributed by atoms with van der Waals surface area (Å²) >= 11 is 6.04. The lowest BCUT2D eigenvalue weighted by molar-refractivity contribution is -0.145. The third-order valence-corrected chi connectivity index (χ3v) is 4.63. The Morgan fingerprint density at radius 3 is 2.67 bits per heavy atom. The number of likely N-dealkylation sites (tertiary alicyclic amines) is 1. The number of hydrogen-bond acceptors (Lipinski definition) is 2. The Hall–Kier alpha value is -1.49. The zero-order valence-electron chi connectivity index (χ0n) is 12.0. The number of aliphatic carboxylic acids is 1. The van der Waals surface area contributed by atoms with Gasteiger partial charge in [0, 0.05) is 18.8 Å². The molecule has 1 aromatic heterocycles. The van der Waals surface area contributed by atoms with Gasteiger partial charge in [-0.15, -0.1) is 0 Å². The summed E-state index contributed by atoms with van der Waals surface area (Å²) in [6.07, 6.45) is 5.55. The van der Waals surface area contributed by atoms with Crippen LogP contribution < -0.4 is 0 Å². The highest BCUT2D eigenvalue weighted by Gasteiger charge is 2.39. The van der Waals surface area contributed by atoms with Crippen molar-refractivity contribution in [3.63, 3.8) is 0 Å². The summed E-state index contributed by atoms with van der Waals surface area (Å²) in [5.41, 5.74) is 0.517. The summed E-state index contributed by atoms with van der Waals surface area (Å²) < 4.78 is 1.91. The van der Waals surface area contributed by atoms with E-state index in [9.17, 15) is 14.7 Å². The van der Waals surface area contributed by atoms with Crippen molar-refractivity contribution in [2.75, 3.05) is 6.54 Å². The number of nitrogens with zero attached hydrogens (tertiary/aromatic N) is 2. The van der Waals surface area contributed by atoms with Crippen LogP contribution >= 0.6 is 11.6 Å². The van der Waals surface area contributed by atoms with Crippen LogP contribution in [-0.4, -0.2) is 39.0 Å². The van der Waals surface area contributed by atoms with E-state index in [0.29, 0.717) is 23.3 Å². The molecule has 21 heavy (non-hydrogen) atoms. The van der Waals surface area contributed by atoms with Crippen LogP contribution in [0.2, 0.25) is 5.02 Å². The molecule has 5 nitrogen and oxygen atoms in total. The minimum Gasteiger partial charge on any atom is -0.480 e. The Balaban J connectivity index is 1.91. The zero-order valence-corrected chi connectivity index (χ0v) is 12.7. The lowest BCUT2D eigenvalue weighted by Gasteiger charge is -2.37. The molecule has 0 aromatic carbocycles. The van der Waals surface area contributed by atoms with Gasteiger partial charge in [0.2, 0.25) is 0 Å². The van der Waals surface area contributed by atoms with Crippen LogP contribution in [0.1, 0.15) is 49.1 Å². The molecular weight excluding hydrogens is 292 g/mol. The van der Waals surface area contributed by atoms with E-state index in [4.69, 9.17) is 11.6 Å². The maximum absolute atomic E-state index is 12.8. The standard InChI is InChI=1S/C15H19ClN2O3/c1-9-3-2-6-17(13(9)15(20)21)14(19)12-7-10(16)8-18(12)11-4-5-11/h7-9,11,13H,2-6H2,1H3,(H,20,21). The molecule has 2 aliphatic rings. The average molecular weight is 311 g/mol. The number of carbonyl (C=O) groups is 2. The minimum absolute atomic E-state index is 0.0278. The second kappa shape index (κ2) is 5.37. The van der Waals surface area contributed by atoms with Gasteiger partial charge in [-0.3, -0.25) is 4.79 Å². The van der Waals surface area contributed by atoms with Gasteiger partial charge in [-0.2, -0.15) is 0 Å². The van der Waals surface area contributed by atoms with Crippen molar-refractivity contribution in [1.29, 1.82) is 0 Å². The number of hydrogen-bond donors (Lipinski definition) is 1. The van der Waals surface area contributed by atoms with Crippen molar-refractivity contribution in [3.05, 3.63) is 23.0 Å². The predicted molar refractivity (Wildman–Crippen MR) is 78.6 cm³/mol. The molecule has 0 spiro atoms. The highest BCUT2D eigenvalue weighted by Crippen LogP contribution is 2.38. The van der Waals surface area contributed by atoms with Gasteiger partial charge in [-0.1, -0.05) is 18.5 Å². The van der Waals surface area contributed by atoms with Gasteiger partial charge in [0.25, 0.3) is 5.91 Å². The first-order valence-electron chi connectivity index (χ1n) is 7.40. The van der Waals surface area contributed by atoms with E-state index in [0.717, 1.165) is 25.7 Å². The Morgan fingerprint density at radius 2 is 2.05 bits per heavy atom. The number of halogens is 1. The molecule has 2 heterocycles. The van der Waals surface area contributed by atoms with Crippen LogP contribution in [0.15, 0.2) is 12.3 Å². The Morgan fingerprint density at radius 1 is 1.33 bits per heavy atom. The first-order chi connectivity index (χ1) is 9.99. The summed E-state index contributed by atoms with van der Waals surface area (Å²) in [7, 11) is 0. The first-order valence-corrected chi connectivity index (χ1v) is 7.78. The average Bonchev–Trinajstić information content (AvgIpc) is 3.20. The molecule has 1 saturated heterocycles. The zero-order chi connectivity index (χ0) is 15.1. The van der Waals surface area contributed by atoms with Crippen molar-refractivity contribution in [2.45, 2.75) is 44.7 Å². The van der Waals surface area contributed by atoms with Gasteiger partial charge in [0.1, 0.15) is 11.7 Å². The molecule has 2 atom stereocenters. The summed E-state index contributed by atoms with van der Waals surface area (Å²) in [5.74, 6) is -1.17. The number of carboxylic acids is 1. The lowest BCUT2D eigenvalue weighted by Crippen LogP contribution is -2.52. The molecule has 6 heteroatoms. The quantitative estimate of drug-likeness (QED) is 0.933. The van der Waals surface area contributed by atoms with Gasteiger partial charge in [0.15, 0.2) is 0 Å². The smallest absolute Gasteiger partial charge is 0.326 e. The van der Waals surface area contributed by atoms with E-state index in [1.807, 2.05) is 11.5 Å². The summed E-state index contributed by atoms with van der Waals surface area (Å²) in [6.45, 7) is 2.39. The van der Waals surface area contributed by atoms with Crippen molar-refractivity contribution in [2.24, 2.45) is 5.92 Å².